The molecule has 0 N–H and O–H groups in total. The molecule has 0 aromatic carbocycles. The molecular formula is C9H9ClF6O2. The van der Waals surface area contributed by atoms with Gasteiger partial charge in [0.15, 0.2) is 5.60 Å². The van der Waals surface area contributed by atoms with Gasteiger partial charge in [-0.05, 0) is 13.8 Å². The van der Waals surface area contributed by atoms with Gasteiger partial charge in [-0.1, -0.05) is 18.2 Å². The Hall–Kier alpha value is -0.920. The molecule has 0 aromatic heterocycles. The zero-order valence-corrected chi connectivity index (χ0v) is 10.0. The molecule has 0 amide bonds. The van der Waals surface area contributed by atoms with E-state index in [1.54, 1.807) is 0 Å². The van der Waals surface area contributed by atoms with Gasteiger partial charge in [0.05, 0.1) is 0 Å². The standard InChI is InChI=1S/C9H9ClF6O2/c1-4(10)5(17)18-7(2,3)9(15,16)8(13,14)6(11)12/h6H,1H2,2-3H3. The van der Waals surface area contributed by atoms with Gasteiger partial charge in [-0.15, -0.1) is 0 Å². The van der Waals surface area contributed by atoms with E-state index in [9.17, 15) is 31.1 Å². The minimum Gasteiger partial charge on any atom is -0.449 e. The molecule has 0 atom stereocenters. The Balaban J connectivity index is 5.32. The molecule has 0 aliphatic heterocycles. The Morgan fingerprint density at radius 2 is 1.61 bits per heavy atom. The minimum absolute atomic E-state index is 0.362. The SMILES string of the molecule is C=C(Cl)C(=O)OC(C)(C)C(F)(F)C(F)(F)C(F)F. The summed E-state index contributed by atoms with van der Waals surface area (Å²) < 4.78 is 79.8. The number of rotatable bonds is 5. The molecule has 18 heavy (non-hydrogen) atoms. The van der Waals surface area contributed by atoms with Crippen molar-refractivity contribution < 1.29 is 35.9 Å². The maximum Gasteiger partial charge on any atom is 0.373 e. The van der Waals surface area contributed by atoms with Crippen molar-refractivity contribution >= 4 is 17.6 Å². The molecule has 106 valence electrons. The molecule has 0 aliphatic carbocycles. The highest BCUT2D eigenvalue weighted by Crippen LogP contribution is 2.47. The molecule has 0 fully saturated rings. The van der Waals surface area contributed by atoms with Gasteiger partial charge in [0.25, 0.3) is 0 Å². The number of alkyl halides is 6. The van der Waals surface area contributed by atoms with Crippen LogP contribution in [-0.4, -0.2) is 29.8 Å². The van der Waals surface area contributed by atoms with Crippen LogP contribution in [0.15, 0.2) is 11.6 Å². The summed E-state index contributed by atoms with van der Waals surface area (Å²) in [6, 6.07) is 0. The van der Waals surface area contributed by atoms with Gasteiger partial charge in [-0.2, -0.15) is 17.6 Å². The monoisotopic (exact) mass is 298 g/mol. The van der Waals surface area contributed by atoms with Crippen molar-refractivity contribution in [3.8, 4) is 0 Å². The largest absolute Gasteiger partial charge is 0.449 e. The number of halogens is 7. The smallest absolute Gasteiger partial charge is 0.373 e. The van der Waals surface area contributed by atoms with Crippen LogP contribution >= 0.6 is 11.6 Å². The normalized spacial score (nSPS) is 13.7. The molecule has 0 radical (unpaired) electrons. The van der Waals surface area contributed by atoms with Crippen molar-refractivity contribution in [2.75, 3.05) is 0 Å². The summed E-state index contributed by atoms with van der Waals surface area (Å²) in [4.78, 5) is 10.9. The molecule has 0 spiro atoms. The van der Waals surface area contributed by atoms with Crippen molar-refractivity contribution in [2.24, 2.45) is 0 Å². The van der Waals surface area contributed by atoms with Crippen LogP contribution in [0.5, 0.6) is 0 Å². The van der Waals surface area contributed by atoms with Crippen LogP contribution in [0.25, 0.3) is 0 Å². The first-order chi connectivity index (χ1) is 7.77. The van der Waals surface area contributed by atoms with Gasteiger partial charge in [0.1, 0.15) is 5.03 Å². The third-order valence-electron chi connectivity index (χ3n) is 2.02. The number of carbonyl (C=O) groups is 1. The van der Waals surface area contributed by atoms with E-state index < -0.39 is 34.9 Å². The van der Waals surface area contributed by atoms with Crippen LogP contribution < -0.4 is 0 Å². The summed E-state index contributed by atoms with van der Waals surface area (Å²) in [5, 5.41) is -0.848. The molecule has 0 saturated carbocycles. The summed E-state index contributed by atoms with van der Waals surface area (Å²) >= 11 is 5.01. The van der Waals surface area contributed by atoms with Crippen molar-refractivity contribution in [2.45, 2.75) is 37.7 Å². The summed E-state index contributed by atoms with van der Waals surface area (Å²) in [6.45, 7) is 3.55. The lowest BCUT2D eigenvalue weighted by atomic mass is 9.94. The highest BCUT2D eigenvalue weighted by atomic mass is 35.5. The van der Waals surface area contributed by atoms with Crippen LogP contribution in [0.3, 0.4) is 0 Å². The second-order valence-corrected chi connectivity index (χ2v) is 4.26. The molecule has 0 rings (SSSR count). The van der Waals surface area contributed by atoms with E-state index in [4.69, 9.17) is 11.6 Å². The summed E-state index contributed by atoms with van der Waals surface area (Å²) in [7, 11) is 0. The Morgan fingerprint density at radius 3 is 1.89 bits per heavy atom. The van der Waals surface area contributed by atoms with E-state index in [-0.39, 0.29) is 0 Å². The predicted octanol–water partition coefficient (Wildman–Crippen LogP) is 3.60. The minimum atomic E-state index is -5.66. The average molecular weight is 299 g/mol. The Labute approximate surface area is 104 Å². The molecular weight excluding hydrogens is 290 g/mol. The maximum atomic E-state index is 13.3. The van der Waals surface area contributed by atoms with Crippen LogP contribution in [0.2, 0.25) is 0 Å². The zero-order valence-electron chi connectivity index (χ0n) is 9.25. The first-order valence-corrected chi connectivity index (χ1v) is 4.76. The second-order valence-electron chi connectivity index (χ2n) is 3.80. The van der Waals surface area contributed by atoms with Crippen molar-refractivity contribution in [3.05, 3.63) is 11.6 Å². The zero-order chi connectivity index (χ0) is 14.9. The van der Waals surface area contributed by atoms with E-state index in [1.165, 1.54) is 0 Å². The van der Waals surface area contributed by atoms with Crippen LogP contribution in [0.4, 0.5) is 26.3 Å². The van der Waals surface area contributed by atoms with E-state index in [0.717, 1.165) is 0 Å². The van der Waals surface area contributed by atoms with E-state index >= 15 is 0 Å². The first-order valence-electron chi connectivity index (χ1n) is 4.39. The summed E-state index contributed by atoms with van der Waals surface area (Å²) in [6.07, 6.45) is -4.62. The molecule has 0 heterocycles. The van der Waals surface area contributed by atoms with Gasteiger partial charge >= 0.3 is 24.2 Å². The van der Waals surface area contributed by atoms with E-state index in [1.807, 2.05) is 0 Å². The topological polar surface area (TPSA) is 26.3 Å². The van der Waals surface area contributed by atoms with Crippen molar-refractivity contribution in [1.82, 2.24) is 0 Å². The fourth-order valence-electron chi connectivity index (χ4n) is 0.890. The Bertz CT molecular complexity index is 353. The van der Waals surface area contributed by atoms with E-state index in [2.05, 4.69) is 11.3 Å². The fourth-order valence-corrected chi connectivity index (χ4v) is 0.928. The second kappa shape index (κ2) is 4.99. The number of esters is 1. The summed E-state index contributed by atoms with van der Waals surface area (Å²) in [5.74, 6) is -12.6. The fraction of sp³-hybridized carbons (Fsp3) is 0.667. The van der Waals surface area contributed by atoms with Gasteiger partial charge in [0, 0.05) is 0 Å². The lowest BCUT2D eigenvalue weighted by Gasteiger charge is -2.37. The maximum absolute atomic E-state index is 13.3. The van der Waals surface area contributed by atoms with Crippen LogP contribution in [-0.2, 0) is 9.53 Å². The first kappa shape index (κ1) is 17.1. The highest BCUT2D eigenvalue weighted by Gasteiger charge is 2.71. The molecule has 9 heteroatoms. The Kier molecular flexibility index (Phi) is 4.73. The van der Waals surface area contributed by atoms with Crippen LogP contribution in [0.1, 0.15) is 13.8 Å². The molecule has 0 unspecified atom stereocenters. The van der Waals surface area contributed by atoms with Crippen molar-refractivity contribution in [3.63, 3.8) is 0 Å². The molecule has 0 saturated heterocycles. The van der Waals surface area contributed by atoms with Crippen molar-refractivity contribution in [1.29, 1.82) is 0 Å². The highest BCUT2D eigenvalue weighted by molar-refractivity contribution is 6.40. The predicted molar refractivity (Wildman–Crippen MR) is 51.1 cm³/mol. The molecule has 0 bridgehead atoms. The number of hydrogen-bond donors (Lipinski definition) is 0. The van der Waals surface area contributed by atoms with Crippen LogP contribution in [0, 0.1) is 0 Å². The third kappa shape index (κ3) is 2.90. The van der Waals surface area contributed by atoms with Gasteiger partial charge < -0.3 is 4.74 Å². The van der Waals surface area contributed by atoms with Gasteiger partial charge in [-0.25, -0.2) is 13.6 Å². The third-order valence-corrected chi connectivity index (χ3v) is 2.17. The number of ether oxygens (including phenoxy) is 1. The van der Waals surface area contributed by atoms with E-state index in [0.29, 0.717) is 13.8 Å². The molecule has 0 aromatic rings. The lowest BCUT2D eigenvalue weighted by molar-refractivity contribution is -0.318. The van der Waals surface area contributed by atoms with Gasteiger partial charge in [-0.3, -0.25) is 0 Å². The molecule has 2 nitrogen and oxygen atoms in total. The van der Waals surface area contributed by atoms with Gasteiger partial charge in [0.2, 0.25) is 0 Å². The summed E-state index contributed by atoms with van der Waals surface area (Å²) in [5.41, 5.74) is -3.19. The number of carbonyl (C=O) groups excluding carboxylic acids is 1. The average Bonchev–Trinajstić information content (AvgIpc) is 2.15. The lowest BCUT2D eigenvalue weighted by Crippen LogP contribution is -2.60. The quantitative estimate of drug-likeness (QED) is 0.440. The number of hydrogen-bond acceptors (Lipinski definition) is 2. The molecule has 0 aliphatic rings. The Morgan fingerprint density at radius 1 is 1.22 bits per heavy atom.